The number of hydrogen-bond donors (Lipinski definition) is 0. The molecule has 6 aromatic carbocycles. The molecule has 9 aromatic rings. The predicted molar refractivity (Wildman–Crippen MR) is 171 cm³/mol. The van der Waals surface area contributed by atoms with Gasteiger partial charge in [-0.15, -0.1) is 0 Å². The summed E-state index contributed by atoms with van der Waals surface area (Å²) in [6.07, 6.45) is 0. The second-order valence-corrected chi connectivity index (χ2v) is 10.6. The maximum Gasteiger partial charge on any atom is 0.161 e. The quantitative estimate of drug-likeness (QED) is 0.215. The molecule has 9 rings (SSSR count). The summed E-state index contributed by atoms with van der Waals surface area (Å²) in [4.78, 5) is 10.5. The van der Waals surface area contributed by atoms with Gasteiger partial charge in [0.1, 0.15) is 11.2 Å². The van der Waals surface area contributed by atoms with Gasteiger partial charge in [0.05, 0.1) is 11.0 Å². The highest BCUT2D eigenvalue weighted by molar-refractivity contribution is 6.20. The first-order chi connectivity index (χ1) is 20.3. The molecule has 0 aliphatic carbocycles. The third kappa shape index (κ3) is 3.39. The van der Waals surface area contributed by atoms with Gasteiger partial charge < -0.3 is 4.42 Å². The first-order valence-corrected chi connectivity index (χ1v) is 13.8. The third-order valence-corrected chi connectivity index (χ3v) is 8.22. The van der Waals surface area contributed by atoms with E-state index in [1.54, 1.807) is 0 Å². The molecule has 0 saturated heterocycles. The molecule has 0 aliphatic heterocycles. The van der Waals surface area contributed by atoms with Gasteiger partial charge in [0.2, 0.25) is 0 Å². The lowest BCUT2D eigenvalue weighted by molar-refractivity contribution is 0.669. The van der Waals surface area contributed by atoms with E-state index in [1.165, 1.54) is 16.3 Å². The highest BCUT2D eigenvalue weighted by Gasteiger charge is 2.14. The van der Waals surface area contributed by atoms with E-state index in [0.717, 1.165) is 65.5 Å². The Bertz CT molecular complexity index is 2530. The number of hydrogen-bond acceptors (Lipinski definition) is 3. The Morgan fingerprint density at radius 2 is 1.17 bits per heavy atom. The van der Waals surface area contributed by atoms with Crippen molar-refractivity contribution in [2.24, 2.45) is 0 Å². The zero-order valence-electron chi connectivity index (χ0n) is 22.0. The molecule has 6 bridgehead atoms. The van der Waals surface area contributed by atoms with Crippen LogP contribution < -0.4 is 0 Å². The lowest BCUT2D eigenvalue weighted by Gasteiger charge is -2.07. The number of nitrogens with zero attached hydrogens (tertiary/aromatic N) is 2. The fourth-order valence-corrected chi connectivity index (χ4v) is 6.28. The molecule has 41 heavy (non-hydrogen) atoms. The molecule has 0 aliphatic rings. The zero-order chi connectivity index (χ0) is 26.9. The van der Waals surface area contributed by atoms with Gasteiger partial charge in [-0.05, 0) is 69.1 Å². The second kappa shape index (κ2) is 8.48. The van der Waals surface area contributed by atoms with Gasteiger partial charge in [-0.1, -0.05) is 97.1 Å². The molecular formula is C38H22N2O. The molecule has 3 heterocycles. The summed E-state index contributed by atoms with van der Waals surface area (Å²) in [5.41, 5.74) is 6.54. The molecule has 3 heteroatoms. The van der Waals surface area contributed by atoms with Crippen molar-refractivity contribution in [3.63, 3.8) is 0 Å². The van der Waals surface area contributed by atoms with Crippen molar-refractivity contribution in [1.82, 2.24) is 9.97 Å². The molecule has 0 saturated carbocycles. The van der Waals surface area contributed by atoms with Crippen LogP contribution >= 0.6 is 0 Å². The SMILES string of the molecule is c1ccc(-c2ccc3nc4nc(c5cccc(c5)c5ccccc5c5ccc6oc7cccc4c7c6c5)c3c2)cc1. The normalized spacial score (nSPS) is 11.9. The zero-order valence-corrected chi connectivity index (χ0v) is 22.0. The topological polar surface area (TPSA) is 38.9 Å². The lowest BCUT2D eigenvalue weighted by Crippen LogP contribution is -1.89. The Kier molecular flexibility index (Phi) is 4.61. The second-order valence-electron chi connectivity index (χ2n) is 10.6. The Labute approximate surface area is 235 Å². The van der Waals surface area contributed by atoms with E-state index in [9.17, 15) is 0 Å². The van der Waals surface area contributed by atoms with Crippen LogP contribution in [0.5, 0.6) is 0 Å². The van der Waals surface area contributed by atoms with Crippen molar-refractivity contribution in [1.29, 1.82) is 0 Å². The van der Waals surface area contributed by atoms with Gasteiger partial charge in [-0.25, -0.2) is 9.97 Å². The van der Waals surface area contributed by atoms with E-state index < -0.39 is 0 Å². The minimum atomic E-state index is 0.695. The number of furan rings is 1. The molecule has 0 unspecified atom stereocenters. The molecule has 0 spiro atoms. The summed E-state index contributed by atoms with van der Waals surface area (Å²) in [7, 11) is 0. The summed E-state index contributed by atoms with van der Waals surface area (Å²) >= 11 is 0. The summed E-state index contributed by atoms with van der Waals surface area (Å²) in [5, 5.41) is 9.85. The van der Waals surface area contributed by atoms with Crippen LogP contribution in [0.4, 0.5) is 0 Å². The summed E-state index contributed by atoms with van der Waals surface area (Å²) in [5.74, 6) is 0. The fourth-order valence-electron chi connectivity index (χ4n) is 6.28. The van der Waals surface area contributed by atoms with Crippen molar-refractivity contribution in [2.45, 2.75) is 0 Å². The van der Waals surface area contributed by atoms with Crippen molar-refractivity contribution >= 4 is 76.3 Å². The molecule has 3 aromatic heterocycles. The van der Waals surface area contributed by atoms with Crippen molar-refractivity contribution in [3.8, 4) is 11.1 Å². The van der Waals surface area contributed by atoms with Crippen LogP contribution in [-0.4, -0.2) is 9.97 Å². The van der Waals surface area contributed by atoms with Gasteiger partial charge >= 0.3 is 0 Å². The van der Waals surface area contributed by atoms with Gasteiger partial charge in [-0.3, -0.25) is 0 Å². The van der Waals surface area contributed by atoms with Crippen LogP contribution in [0, 0.1) is 0 Å². The monoisotopic (exact) mass is 522 g/mol. The smallest absolute Gasteiger partial charge is 0.161 e. The van der Waals surface area contributed by atoms with Crippen LogP contribution in [0.2, 0.25) is 0 Å². The van der Waals surface area contributed by atoms with Gasteiger partial charge in [0.15, 0.2) is 5.65 Å². The van der Waals surface area contributed by atoms with Crippen LogP contribution in [0.15, 0.2) is 138 Å². The number of fused-ring (bicyclic) bond motifs is 12. The fraction of sp³-hybridized carbons (Fsp3) is 0. The average molecular weight is 523 g/mol. The van der Waals surface area contributed by atoms with Crippen molar-refractivity contribution in [3.05, 3.63) is 133 Å². The maximum atomic E-state index is 6.34. The minimum Gasteiger partial charge on any atom is -0.456 e. The number of benzene rings is 6. The Morgan fingerprint density at radius 3 is 2.05 bits per heavy atom. The summed E-state index contributed by atoms with van der Waals surface area (Å²) in [6.45, 7) is 0. The van der Waals surface area contributed by atoms with Crippen LogP contribution in [-0.2, 0) is 0 Å². The number of rotatable bonds is 1. The number of aromatic nitrogens is 2. The largest absolute Gasteiger partial charge is 0.456 e. The highest BCUT2D eigenvalue weighted by atomic mass is 16.3. The predicted octanol–water partition coefficient (Wildman–Crippen LogP) is 10.4. The molecule has 0 atom stereocenters. The Balaban J connectivity index is 1.57. The van der Waals surface area contributed by atoms with E-state index in [1.807, 2.05) is 18.2 Å². The third-order valence-electron chi connectivity index (χ3n) is 8.22. The minimum absolute atomic E-state index is 0.695. The van der Waals surface area contributed by atoms with E-state index in [2.05, 4.69) is 115 Å². The van der Waals surface area contributed by atoms with Crippen LogP contribution in [0.25, 0.3) is 87.4 Å². The average Bonchev–Trinajstić information content (AvgIpc) is 3.42. The maximum absolute atomic E-state index is 6.34. The van der Waals surface area contributed by atoms with E-state index in [4.69, 9.17) is 14.4 Å². The highest BCUT2D eigenvalue weighted by Crippen LogP contribution is 2.37. The van der Waals surface area contributed by atoms with E-state index in [-0.39, 0.29) is 0 Å². The van der Waals surface area contributed by atoms with Crippen molar-refractivity contribution in [2.75, 3.05) is 0 Å². The molecule has 190 valence electrons. The molecule has 0 N–H and O–H groups in total. The first kappa shape index (κ1) is 22.3. The van der Waals surface area contributed by atoms with E-state index >= 15 is 0 Å². The Hall–Kier alpha value is -5.54. The summed E-state index contributed by atoms with van der Waals surface area (Å²) in [6, 6.07) is 47.0. The molecular weight excluding hydrogens is 500 g/mol. The lowest BCUT2D eigenvalue weighted by atomic mass is 10.0. The standard InChI is InChI=1S/C38H22N2O/c1-2-8-23(9-3-1)24-16-18-33-31(21-24)37-27-11-6-10-25(20-27)28-12-4-5-13-29(28)26-17-19-34-32(22-26)36-30(38(39-33)40-37)14-7-15-35(36)41-34/h1-22H. The van der Waals surface area contributed by atoms with Crippen LogP contribution in [0.1, 0.15) is 0 Å². The molecule has 0 radical (unpaired) electrons. The molecule has 3 nitrogen and oxygen atoms in total. The molecule has 0 fully saturated rings. The summed E-state index contributed by atoms with van der Waals surface area (Å²) < 4.78 is 6.34. The van der Waals surface area contributed by atoms with Gasteiger partial charge in [-0.2, -0.15) is 0 Å². The van der Waals surface area contributed by atoms with Gasteiger partial charge in [0, 0.05) is 26.9 Å². The van der Waals surface area contributed by atoms with Crippen LogP contribution in [0.3, 0.4) is 0 Å². The van der Waals surface area contributed by atoms with Gasteiger partial charge in [0.25, 0.3) is 0 Å². The van der Waals surface area contributed by atoms with E-state index in [0.29, 0.717) is 5.65 Å². The Morgan fingerprint density at radius 1 is 0.415 bits per heavy atom. The first-order valence-electron chi connectivity index (χ1n) is 13.8. The molecule has 0 amide bonds. The van der Waals surface area contributed by atoms with Crippen molar-refractivity contribution < 1.29 is 4.42 Å².